The van der Waals surface area contributed by atoms with Gasteiger partial charge < -0.3 is 25.2 Å². The van der Waals surface area contributed by atoms with Gasteiger partial charge in [-0.1, -0.05) is 13.8 Å². The maximum absolute atomic E-state index is 11.8. The Morgan fingerprint density at radius 1 is 1.32 bits per heavy atom. The maximum Gasteiger partial charge on any atom is 0.243 e. The summed E-state index contributed by atoms with van der Waals surface area (Å²) in [5, 5.41) is 6.86. The number of aliphatic imine (C=N–C) groups is 1. The van der Waals surface area contributed by atoms with Crippen LogP contribution in [0.1, 0.15) is 33.1 Å². The first kappa shape index (κ1) is 21.7. The summed E-state index contributed by atoms with van der Waals surface area (Å²) in [5.74, 6) is 1.29. The van der Waals surface area contributed by atoms with Gasteiger partial charge in [-0.05, 0) is 25.2 Å². The Hall–Kier alpha value is -1.34. The molecule has 0 aromatic heterocycles. The average Bonchev–Trinajstić information content (AvgIpc) is 2.58. The highest BCUT2D eigenvalue weighted by Gasteiger charge is 2.20. The molecule has 0 bridgehead atoms. The molecule has 1 fully saturated rings. The van der Waals surface area contributed by atoms with E-state index in [1.807, 2.05) is 0 Å². The zero-order valence-corrected chi connectivity index (χ0v) is 16.7. The summed E-state index contributed by atoms with van der Waals surface area (Å²) in [6.45, 7) is 9.46. The molecule has 1 aliphatic rings. The molecule has 1 saturated heterocycles. The molecule has 0 atom stereocenters. The number of hydrogen-bond acceptors (Lipinski definition) is 4. The molecule has 146 valence electrons. The van der Waals surface area contributed by atoms with Crippen molar-refractivity contribution in [2.75, 3.05) is 60.5 Å². The van der Waals surface area contributed by atoms with Gasteiger partial charge >= 0.3 is 0 Å². The molecule has 0 aromatic carbocycles. The summed E-state index contributed by atoms with van der Waals surface area (Å²) in [4.78, 5) is 20.3. The third-order valence-electron chi connectivity index (χ3n) is 4.30. The number of carbonyl (C=O) groups excluding carboxylic acids is 1. The zero-order valence-electron chi connectivity index (χ0n) is 16.7. The van der Waals surface area contributed by atoms with Gasteiger partial charge in [-0.3, -0.25) is 4.79 Å². The van der Waals surface area contributed by atoms with Crippen LogP contribution in [0.25, 0.3) is 0 Å². The topological polar surface area (TPSA) is 69.2 Å². The van der Waals surface area contributed by atoms with E-state index in [2.05, 4.69) is 34.4 Å². The van der Waals surface area contributed by atoms with Crippen LogP contribution in [0.2, 0.25) is 0 Å². The normalized spacial score (nSPS) is 17.0. The van der Waals surface area contributed by atoms with E-state index in [9.17, 15) is 4.79 Å². The van der Waals surface area contributed by atoms with Gasteiger partial charge in [-0.25, -0.2) is 4.99 Å². The number of amides is 1. The highest BCUT2D eigenvalue weighted by molar-refractivity contribution is 5.84. The second-order valence-corrected chi connectivity index (χ2v) is 7.33. The van der Waals surface area contributed by atoms with Gasteiger partial charge in [0.2, 0.25) is 5.91 Å². The summed E-state index contributed by atoms with van der Waals surface area (Å²) < 4.78 is 5.12. The number of methoxy groups -OCH3 is 1. The van der Waals surface area contributed by atoms with Gasteiger partial charge in [0.25, 0.3) is 0 Å². The Morgan fingerprint density at radius 3 is 2.56 bits per heavy atom. The van der Waals surface area contributed by atoms with E-state index in [0.717, 1.165) is 58.0 Å². The lowest BCUT2D eigenvalue weighted by Crippen LogP contribution is -2.49. The number of nitrogens with one attached hydrogen (secondary N) is 2. The first-order valence-electron chi connectivity index (χ1n) is 9.38. The van der Waals surface area contributed by atoms with Gasteiger partial charge in [0.15, 0.2) is 5.96 Å². The minimum Gasteiger partial charge on any atom is -0.385 e. The third-order valence-corrected chi connectivity index (χ3v) is 4.30. The van der Waals surface area contributed by atoms with Crippen molar-refractivity contribution in [2.45, 2.75) is 39.2 Å². The van der Waals surface area contributed by atoms with Crippen molar-refractivity contribution in [3.8, 4) is 0 Å². The highest BCUT2D eigenvalue weighted by Crippen LogP contribution is 2.10. The van der Waals surface area contributed by atoms with E-state index in [1.165, 1.54) is 0 Å². The Kier molecular flexibility index (Phi) is 10.5. The van der Waals surface area contributed by atoms with E-state index in [4.69, 9.17) is 4.74 Å². The van der Waals surface area contributed by atoms with Crippen LogP contribution in [0, 0.1) is 5.92 Å². The lowest BCUT2D eigenvalue weighted by atomic mass is 10.1. The lowest BCUT2D eigenvalue weighted by molar-refractivity contribution is -0.127. The smallest absolute Gasteiger partial charge is 0.243 e. The monoisotopic (exact) mass is 355 g/mol. The fourth-order valence-corrected chi connectivity index (χ4v) is 2.67. The molecule has 7 nitrogen and oxygen atoms in total. The van der Waals surface area contributed by atoms with E-state index in [-0.39, 0.29) is 12.5 Å². The predicted octanol–water partition coefficient (Wildman–Crippen LogP) is 0.767. The number of ether oxygens (including phenoxy) is 1. The molecule has 25 heavy (non-hydrogen) atoms. The second-order valence-electron chi connectivity index (χ2n) is 7.33. The third kappa shape index (κ3) is 9.65. The predicted molar refractivity (Wildman–Crippen MR) is 103 cm³/mol. The minimum absolute atomic E-state index is 0.0126. The number of likely N-dealkylation sites (tertiary alicyclic amines) is 1. The van der Waals surface area contributed by atoms with Crippen molar-refractivity contribution in [1.29, 1.82) is 0 Å². The SMILES string of the molecule is COCCCN1CCC(NC(=NCC(=O)N(C)C)NCC(C)C)CC1. The van der Waals surface area contributed by atoms with Crippen molar-refractivity contribution >= 4 is 11.9 Å². The molecular formula is C18H37N5O2. The molecule has 0 unspecified atom stereocenters. The number of nitrogens with zero attached hydrogens (tertiary/aromatic N) is 3. The second kappa shape index (κ2) is 12.1. The van der Waals surface area contributed by atoms with E-state index in [0.29, 0.717) is 12.0 Å². The van der Waals surface area contributed by atoms with Gasteiger partial charge in [0.05, 0.1) is 0 Å². The van der Waals surface area contributed by atoms with Crippen LogP contribution in [-0.4, -0.2) is 88.2 Å². The molecule has 1 rings (SSSR count). The quantitative estimate of drug-likeness (QED) is 0.363. The van der Waals surface area contributed by atoms with Crippen molar-refractivity contribution in [2.24, 2.45) is 10.9 Å². The summed E-state index contributed by atoms with van der Waals surface area (Å²) in [6, 6.07) is 0.409. The summed E-state index contributed by atoms with van der Waals surface area (Å²) >= 11 is 0. The highest BCUT2D eigenvalue weighted by atomic mass is 16.5. The fourth-order valence-electron chi connectivity index (χ4n) is 2.67. The van der Waals surface area contributed by atoms with Crippen molar-refractivity contribution in [3.05, 3.63) is 0 Å². The molecule has 1 amide bonds. The first-order chi connectivity index (χ1) is 11.9. The summed E-state index contributed by atoms with van der Waals surface area (Å²) in [5.41, 5.74) is 0. The molecule has 7 heteroatoms. The van der Waals surface area contributed by atoms with Crippen LogP contribution >= 0.6 is 0 Å². The fraction of sp³-hybridized carbons (Fsp3) is 0.889. The number of rotatable bonds is 9. The summed E-state index contributed by atoms with van der Waals surface area (Å²) in [6.07, 6.45) is 3.28. The van der Waals surface area contributed by atoms with Crippen LogP contribution in [-0.2, 0) is 9.53 Å². The van der Waals surface area contributed by atoms with E-state index < -0.39 is 0 Å². The standard InChI is InChI=1S/C18H37N5O2/c1-15(2)13-19-18(20-14-17(24)22(3)4)21-16-7-10-23(11-8-16)9-6-12-25-5/h15-16H,6-14H2,1-5H3,(H2,19,20,21). The van der Waals surface area contributed by atoms with E-state index >= 15 is 0 Å². The molecule has 1 aliphatic heterocycles. The van der Waals surface area contributed by atoms with Gasteiger partial charge in [0.1, 0.15) is 6.54 Å². The minimum atomic E-state index is 0.0126. The molecule has 0 aliphatic carbocycles. The Balaban J connectivity index is 2.46. The van der Waals surface area contributed by atoms with Gasteiger partial charge in [-0.2, -0.15) is 0 Å². The Morgan fingerprint density at radius 2 is 2.00 bits per heavy atom. The lowest BCUT2D eigenvalue weighted by Gasteiger charge is -2.33. The molecule has 1 heterocycles. The van der Waals surface area contributed by atoms with Crippen LogP contribution < -0.4 is 10.6 Å². The molecular weight excluding hydrogens is 318 g/mol. The molecule has 0 aromatic rings. The number of carbonyl (C=O) groups is 1. The number of likely N-dealkylation sites (N-methyl/N-ethyl adjacent to an activating group) is 1. The molecule has 2 N–H and O–H groups in total. The van der Waals surface area contributed by atoms with Crippen molar-refractivity contribution < 1.29 is 9.53 Å². The van der Waals surface area contributed by atoms with E-state index in [1.54, 1.807) is 26.1 Å². The number of hydrogen-bond donors (Lipinski definition) is 2. The van der Waals surface area contributed by atoms with Gasteiger partial charge in [0, 0.05) is 60.0 Å². The van der Waals surface area contributed by atoms with Gasteiger partial charge in [-0.15, -0.1) is 0 Å². The Bertz CT molecular complexity index is 404. The Labute approximate surface area is 153 Å². The van der Waals surface area contributed by atoms with Crippen LogP contribution in [0.3, 0.4) is 0 Å². The van der Waals surface area contributed by atoms with Crippen LogP contribution in [0.5, 0.6) is 0 Å². The number of guanidine groups is 1. The van der Waals surface area contributed by atoms with Crippen LogP contribution in [0.4, 0.5) is 0 Å². The van der Waals surface area contributed by atoms with Crippen molar-refractivity contribution in [3.63, 3.8) is 0 Å². The average molecular weight is 356 g/mol. The van der Waals surface area contributed by atoms with Crippen LogP contribution in [0.15, 0.2) is 4.99 Å². The maximum atomic E-state index is 11.8. The largest absolute Gasteiger partial charge is 0.385 e. The molecule has 0 spiro atoms. The first-order valence-corrected chi connectivity index (χ1v) is 9.38. The molecule has 0 radical (unpaired) electrons. The van der Waals surface area contributed by atoms with Crippen molar-refractivity contribution in [1.82, 2.24) is 20.4 Å². The number of piperidine rings is 1. The molecule has 0 saturated carbocycles. The zero-order chi connectivity index (χ0) is 18.7. The summed E-state index contributed by atoms with van der Waals surface area (Å²) in [7, 11) is 5.26.